The molecule has 0 saturated heterocycles. The molecule has 0 saturated carbocycles. The summed E-state index contributed by atoms with van der Waals surface area (Å²) < 4.78 is 43.5. The quantitative estimate of drug-likeness (QED) is 0.533. The summed E-state index contributed by atoms with van der Waals surface area (Å²) in [5.41, 5.74) is -0.331. The standard InChI is InChI=1S/C15H13BrF3N3O3/c1-9(11-4-2-3-5-20-11)25-13-7-10(16)6-12(22(23)24)14(13)21-8-15(17,18)19/h2-7,9,21H,8H2,1H3/t9-/m1/s1. The van der Waals surface area contributed by atoms with Crippen molar-refractivity contribution in [2.24, 2.45) is 0 Å². The topological polar surface area (TPSA) is 77.3 Å². The third-order valence-corrected chi connectivity index (χ3v) is 3.57. The van der Waals surface area contributed by atoms with Crippen molar-refractivity contribution in [1.29, 1.82) is 0 Å². The zero-order valence-corrected chi connectivity index (χ0v) is 14.5. The van der Waals surface area contributed by atoms with Crippen LogP contribution >= 0.6 is 15.9 Å². The van der Waals surface area contributed by atoms with Crippen LogP contribution in [0.1, 0.15) is 18.7 Å². The number of ether oxygens (including phenoxy) is 1. The van der Waals surface area contributed by atoms with Crippen molar-refractivity contribution >= 4 is 27.3 Å². The van der Waals surface area contributed by atoms with Crippen molar-refractivity contribution < 1.29 is 22.8 Å². The summed E-state index contributed by atoms with van der Waals surface area (Å²) in [6.07, 6.45) is -3.62. The van der Waals surface area contributed by atoms with Crippen LogP contribution in [0.3, 0.4) is 0 Å². The molecule has 134 valence electrons. The van der Waals surface area contributed by atoms with E-state index >= 15 is 0 Å². The average Bonchev–Trinajstić information content (AvgIpc) is 2.53. The third-order valence-electron chi connectivity index (χ3n) is 3.12. The van der Waals surface area contributed by atoms with Crippen LogP contribution in [0.4, 0.5) is 24.5 Å². The third kappa shape index (κ3) is 5.31. The molecular formula is C15H13BrF3N3O3. The van der Waals surface area contributed by atoms with Crippen LogP contribution in [0.2, 0.25) is 0 Å². The molecule has 1 N–H and O–H groups in total. The minimum atomic E-state index is -4.54. The molecule has 2 aromatic rings. The Kier molecular flexibility index (Phi) is 5.83. The maximum absolute atomic E-state index is 12.5. The molecule has 0 bridgehead atoms. The predicted octanol–water partition coefficient (Wildman–Crippen LogP) is 4.87. The van der Waals surface area contributed by atoms with Gasteiger partial charge in [-0.05, 0) is 25.1 Å². The molecule has 2 rings (SSSR count). The maximum Gasteiger partial charge on any atom is 0.405 e. The smallest absolute Gasteiger partial charge is 0.405 e. The SMILES string of the molecule is C[C@@H](Oc1cc(Br)cc([N+](=O)[O-])c1NCC(F)(F)F)c1ccccn1. The van der Waals surface area contributed by atoms with E-state index in [0.29, 0.717) is 10.2 Å². The number of hydrogen-bond acceptors (Lipinski definition) is 5. The van der Waals surface area contributed by atoms with Crippen molar-refractivity contribution in [2.75, 3.05) is 11.9 Å². The van der Waals surface area contributed by atoms with Gasteiger partial charge in [-0.3, -0.25) is 15.1 Å². The summed E-state index contributed by atoms with van der Waals surface area (Å²) in [6.45, 7) is 0.215. The van der Waals surface area contributed by atoms with Gasteiger partial charge in [0, 0.05) is 16.7 Å². The molecule has 6 nitrogen and oxygen atoms in total. The monoisotopic (exact) mass is 419 g/mol. The lowest BCUT2D eigenvalue weighted by Gasteiger charge is -2.19. The summed E-state index contributed by atoms with van der Waals surface area (Å²) in [6, 6.07) is 7.59. The molecule has 10 heteroatoms. The van der Waals surface area contributed by atoms with Gasteiger partial charge in [0.25, 0.3) is 5.69 Å². The van der Waals surface area contributed by atoms with Gasteiger partial charge in [0.15, 0.2) is 11.4 Å². The zero-order chi connectivity index (χ0) is 18.6. The Hall–Kier alpha value is -2.36. The highest BCUT2D eigenvalue weighted by atomic mass is 79.9. The van der Waals surface area contributed by atoms with E-state index in [-0.39, 0.29) is 11.4 Å². The minimum Gasteiger partial charge on any atom is -0.482 e. The Morgan fingerprint density at radius 2 is 2.12 bits per heavy atom. The second kappa shape index (κ2) is 7.68. The minimum absolute atomic E-state index is 0.0801. The van der Waals surface area contributed by atoms with Gasteiger partial charge in [-0.25, -0.2) is 0 Å². The Labute approximate surface area is 149 Å². The van der Waals surface area contributed by atoms with Crippen LogP contribution in [-0.2, 0) is 0 Å². The van der Waals surface area contributed by atoms with E-state index in [1.165, 1.54) is 6.07 Å². The number of rotatable bonds is 6. The van der Waals surface area contributed by atoms with Crippen molar-refractivity contribution in [1.82, 2.24) is 4.98 Å². The summed E-state index contributed by atoms with van der Waals surface area (Å²) >= 11 is 3.10. The number of nitro benzene ring substituents is 1. The Balaban J connectivity index is 2.39. The molecular weight excluding hydrogens is 407 g/mol. The van der Waals surface area contributed by atoms with E-state index in [9.17, 15) is 23.3 Å². The van der Waals surface area contributed by atoms with E-state index in [0.717, 1.165) is 6.07 Å². The van der Waals surface area contributed by atoms with E-state index < -0.39 is 29.4 Å². The molecule has 0 aliphatic heterocycles. The van der Waals surface area contributed by atoms with Gasteiger partial charge in [-0.15, -0.1) is 0 Å². The summed E-state index contributed by atoms with van der Waals surface area (Å²) in [5, 5.41) is 13.3. The van der Waals surface area contributed by atoms with Gasteiger partial charge < -0.3 is 10.1 Å². The highest BCUT2D eigenvalue weighted by Crippen LogP contribution is 2.40. The highest BCUT2D eigenvalue weighted by molar-refractivity contribution is 9.10. The lowest BCUT2D eigenvalue weighted by molar-refractivity contribution is -0.384. The second-order valence-corrected chi connectivity index (χ2v) is 5.95. The van der Waals surface area contributed by atoms with Crippen LogP contribution in [0.25, 0.3) is 0 Å². The molecule has 0 aliphatic rings. The fourth-order valence-electron chi connectivity index (χ4n) is 2.04. The largest absolute Gasteiger partial charge is 0.482 e. The van der Waals surface area contributed by atoms with Crippen molar-refractivity contribution in [3.8, 4) is 5.75 Å². The lowest BCUT2D eigenvalue weighted by Crippen LogP contribution is -2.22. The van der Waals surface area contributed by atoms with Crippen LogP contribution in [0, 0.1) is 10.1 Å². The van der Waals surface area contributed by atoms with Crippen LogP contribution in [0.15, 0.2) is 41.0 Å². The number of halogens is 4. The van der Waals surface area contributed by atoms with Crippen LogP contribution in [-0.4, -0.2) is 22.6 Å². The number of anilines is 1. The fourth-order valence-corrected chi connectivity index (χ4v) is 2.46. The van der Waals surface area contributed by atoms with Crippen LogP contribution < -0.4 is 10.1 Å². The zero-order valence-electron chi connectivity index (χ0n) is 12.9. The highest BCUT2D eigenvalue weighted by Gasteiger charge is 2.30. The van der Waals surface area contributed by atoms with Gasteiger partial charge in [0.05, 0.1) is 10.6 Å². The second-order valence-electron chi connectivity index (χ2n) is 5.04. The number of nitro groups is 1. The number of pyridine rings is 1. The fraction of sp³-hybridized carbons (Fsp3) is 0.267. The first-order valence-electron chi connectivity index (χ1n) is 7.03. The van der Waals surface area contributed by atoms with Gasteiger partial charge in [-0.1, -0.05) is 22.0 Å². The molecule has 1 aromatic heterocycles. The molecule has 1 atom stereocenters. The normalized spacial score (nSPS) is 12.5. The Morgan fingerprint density at radius 3 is 2.68 bits per heavy atom. The average molecular weight is 420 g/mol. The molecule has 0 unspecified atom stereocenters. The van der Waals surface area contributed by atoms with Crippen LogP contribution in [0.5, 0.6) is 5.75 Å². The van der Waals surface area contributed by atoms with Gasteiger partial charge in [-0.2, -0.15) is 13.2 Å². The summed E-state index contributed by atoms with van der Waals surface area (Å²) in [5.74, 6) is -0.0801. The molecule has 1 aromatic carbocycles. The van der Waals surface area contributed by atoms with E-state index in [1.807, 2.05) is 0 Å². The van der Waals surface area contributed by atoms with Gasteiger partial charge in [0.2, 0.25) is 0 Å². The van der Waals surface area contributed by atoms with Gasteiger partial charge in [0.1, 0.15) is 12.6 Å². The Morgan fingerprint density at radius 1 is 1.40 bits per heavy atom. The first kappa shape index (κ1) is 19.0. The number of alkyl halides is 3. The van der Waals surface area contributed by atoms with Gasteiger partial charge >= 0.3 is 6.18 Å². The first-order chi connectivity index (χ1) is 11.7. The summed E-state index contributed by atoms with van der Waals surface area (Å²) in [4.78, 5) is 14.5. The van der Waals surface area contributed by atoms with Crippen molar-refractivity contribution in [3.63, 3.8) is 0 Å². The maximum atomic E-state index is 12.5. The van der Waals surface area contributed by atoms with Crippen molar-refractivity contribution in [3.05, 3.63) is 56.8 Å². The number of aromatic nitrogens is 1. The molecule has 1 heterocycles. The molecule has 0 aliphatic carbocycles. The number of benzene rings is 1. The predicted molar refractivity (Wildman–Crippen MR) is 88.6 cm³/mol. The summed E-state index contributed by atoms with van der Waals surface area (Å²) in [7, 11) is 0. The molecule has 0 radical (unpaired) electrons. The van der Waals surface area contributed by atoms with Crippen molar-refractivity contribution in [2.45, 2.75) is 19.2 Å². The molecule has 0 amide bonds. The molecule has 0 fully saturated rings. The number of hydrogen-bond donors (Lipinski definition) is 1. The Bertz CT molecular complexity index is 757. The lowest BCUT2D eigenvalue weighted by atomic mass is 10.2. The first-order valence-corrected chi connectivity index (χ1v) is 7.83. The van der Waals surface area contributed by atoms with E-state index in [1.54, 1.807) is 31.3 Å². The van der Waals surface area contributed by atoms with E-state index in [2.05, 4.69) is 26.2 Å². The number of nitrogens with zero attached hydrogens (tertiary/aromatic N) is 2. The molecule has 0 spiro atoms. The number of nitrogens with one attached hydrogen (secondary N) is 1. The molecule has 25 heavy (non-hydrogen) atoms. The van der Waals surface area contributed by atoms with E-state index in [4.69, 9.17) is 4.74 Å².